The zero-order chi connectivity index (χ0) is 23.8. The van der Waals surface area contributed by atoms with E-state index in [9.17, 15) is 18.8 Å². The third-order valence-electron chi connectivity index (χ3n) is 6.66. The molecule has 2 aromatic heterocycles. The van der Waals surface area contributed by atoms with E-state index in [1.807, 2.05) is 6.07 Å². The number of carbonyl (C=O) groups excluding carboxylic acids is 3. The summed E-state index contributed by atoms with van der Waals surface area (Å²) in [4.78, 5) is 48.5. The standard InChI is InChI=1S/C26H21BrFN3O3/c27-24-21(28)8-9-22(30-24)23(32)13-16-14-29-11-10-18(16)15-4-3-5-17(12-15)31-25(33)19-6-1-2-7-20(19)26(31)34/h1-2,6-11,14-15,17H,3-5,12-13H2/t15-,17+/m1/s1. The molecule has 0 radical (unpaired) electrons. The van der Waals surface area contributed by atoms with E-state index >= 15 is 0 Å². The molecule has 2 amide bonds. The molecule has 8 heteroatoms. The highest BCUT2D eigenvalue weighted by molar-refractivity contribution is 9.10. The molecule has 3 aromatic rings. The molecule has 1 aliphatic heterocycles. The fraction of sp³-hybridized carbons (Fsp3) is 0.269. The average Bonchev–Trinajstić information content (AvgIpc) is 3.11. The van der Waals surface area contributed by atoms with E-state index in [-0.39, 0.29) is 46.3 Å². The molecule has 6 nitrogen and oxygen atoms in total. The van der Waals surface area contributed by atoms with Crippen molar-refractivity contribution in [3.63, 3.8) is 0 Å². The van der Waals surface area contributed by atoms with Gasteiger partial charge in [0.2, 0.25) is 0 Å². The monoisotopic (exact) mass is 521 g/mol. The summed E-state index contributed by atoms with van der Waals surface area (Å²) in [5, 5.41) is 0. The van der Waals surface area contributed by atoms with Gasteiger partial charge in [0.15, 0.2) is 11.6 Å². The number of fused-ring (bicyclic) bond motifs is 1. The summed E-state index contributed by atoms with van der Waals surface area (Å²) in [6.45, 7) is 0. The quantitative estimate of drug-likeness (QED) is 0.264. The molecule has 1 aromatic carbocycles. The minimum absolute atomic E-state index is 0.000765. The lowest BCUT2D eigenvalue weighted by molar-refractivity contribution is 0.0539. The number of aromatic nitrogens is 2. The van der Waals surface area contributed by atoms with Gasteiger partial charge in [-0.2, -0.15) is 0 Å². The van der Waals surface area contributed by atoms with Crippen LogP contribution >= 0.6 is 15.9 Å². The molecule has 1 fully saturated rings. The molecule has 0 unspecified atom stereocenters. The number of hydrogen-bond donors (Lipinski definition) is 0. The number of Topliss-reactive ketones (excluding diaryl/α,β-unsaturated/α-hetero) is 1. The van der Waals surface area contributed by atoms with Crippen molar-refractivity contribution in [2.75, 3.05) is 0 Å². The number of halogens is 2. The lowest BCUT2D eigenvalue weighted by Gasteiger charge is -2.35. The maximum absolute atomic E-state index is 13.5. The molecule has 0 bridgehead atoms. The van der Waals surface area contributed by atoms with Crippen molar-refractivity contribution in [1.29, 1.82) is 0 Å². The number of amides is 2. The van der Waals surface area contributed by atoms with Gasteiger partial charge in [0.1, 0.15) is 10.3 Å². The summed E-state index contributed by atoms with van der Waals surface area (Å²) < 4.78 is 13.5. The van der Waals surface area contributed by atoms with Gasteiger partial charge in [0.05, 0.1) is 11.1 Å². The first-order chi connectivity index (χ1) is 16.4. The molecule has 34 heavy (non-hydrogen) atoms. The van der Waals surface area contributed by atoms with E-state index in [4.69, 9.17) is 0 Å². The average molecular weight is 522 g/mol. The minimum atomic E-state index is -0.528. The molecule has 0 N–H and O–H groups in total. The first-order valence-electron chi connectivity index (χ1n) is 11.2. The molecular formula is C26H21BrFN3O3. The van der Waals surface area contributed by atoms with Crippen LogP contribution in [0, 0.1) is 5.82 Å². The van der Waals surface area contributed by atoms with Gasteiger partial charge in [-0.05, 0) is 82.6 Å². The van der Waals surface area contributed by atoms with Crippen LogP contribution in [0.1, 0.15) is 73.9 Å². The highest BCUT2D eigenvalue weighted by Crippen LogP contribution is 2.39. The number of carbonyl (C=O) groups is 3. The van der Waals surface area contributed by atoms with Crippen molar-refractivity contribution in [3.8, 4) is 0 Å². The van der Waals surface area contributed by atoms with Crippen LogP contribution in [0.3, 0.4) is 0 Å². The Morgan fingerprint density at radius 2 is 1.79 bits per heavy atom. The van der Waals surface area contributed by atoms with Crippen LogP contribution in [0.5, 0.6) is 0 Å². The number of pyridine rings is 2. The van der Waals surface area contributed by atoms with E-state index < -0.39 is 5.82 Å². The Morgan fingerprint density at radius 3 is 2.50 bits per heavy atom. The van der Waals surface area contributed by atoms with Gasteiger partial charge in [-0.3, -0.25) is 24.3 Å². The van der Waals surface area contributed by atoms with Crippen molar-refractivity contribution in [2.24, 2.45) is 0 Å². The van der Waals surface area contributed by atoms with Crippen molar-refractivity contribution in [2.45, 2.75) is 44.1 Å². The number of hydrogen-bond acceptors (Lipinski definition) is 5. The van der Waals surface area contributed by atoms with Crippen LogP contribution in [-0.4, -0.2) is 38.5 Å². The Balaban J connectivity index is 1.37. The Kier molecular flexibility index (Phi) is 6.08. The van der Waals surface area contributed by atoms with Crippen molar-refractivity contribution in [1.82, 2.24) is 14.9 Å². The van der Waals surface area contributed by atoms with Gasteiger partial charge in [0.25, 0.3) is 11.8 Å². The van der Waals surface area contributed by atoms with Crippen LogP contribution < -0.4 is 0 Å². The predicted octanol–water partition coefficient (Wildman–Crippen LogP) is 5.13. The molecule has 0 spiro atoms. The maximum Gasteiger partial charge on any atom is 0.261 e. The summed E-state index contributed by atoms with van der Waals surface area (Å²) in [7, 11) is 0. The van der Waals surface area contributed by atoms with Crippen molar-refractivity contribution in [3.05, 3.63) is 93.2 Å². The molecule has 0 saturated heterocycles. The van der Waals surface area contributed by atoms with Gasteiger partial charge in [-0.25, -0.2) is 9.37 Å². The zero-order valence-electron chi connectivity index (χ0n) is 18.2. The van der Waals surface area contributed by atoms with E-state index in [0.29, 0.717) is 17.5 Å². The third-order valence-corrected chi connectivity index (χ3v) is 7.21. The molecule has 172 valence electrons. The SMILES string of the molecule is O=C(Cc1cnccc1[C@@H]1CCC[C@H](N2C(=O)c3ccccc3C2=O)C1)c1ccc(F)c(Br)n1. The Bertz CT molecular complexity index is 1280. The fourth-order valence-corrected chi connectivity index (χ4v) is 5.36. The van der Waals surface area contributed by atoms with Gasteiger partial charge in [-0.1, -0.05) is 18.6 Å². The Labute approximate surface area is 204 Å². The molecule has 1 saturated carbocycles. The highest BCUT2D eigenvalue weighted by Gasteiger charge is 2.41. The largest absolute Gasteiger partial charge is 0.292 e. The van der Waals surface area contributed by atoms with Crippen LogP contribution in [0.4, 0.5) is 4.39 Å². The summed E-state index contributed by atoms with van der Waals surface area (Å²) in [5.41, 5.74) is 2.87. The van der Waals surface area contributed by atoms with Crippen LogP contribution in [0.2, 0.25) is 0 Å². The third kappa shape index (κ3) is 4.07. The van der Waals surface area contributed by atoms with Crippen LogP contribution in [-0.2, 0) is 6.42 Å². The maximum atomic E-state index is 13.5. The first kappa shape index (κ1) is 22.5. The molecule has 3 heterocycles. The van der Waals surface area contributed by atoms with E-state index in [1.54, 1.807) is 36.7 Å². The van der Waals surface area contributed by atoms with Crippen molar-refractivity contribution < 1.29 is 18.8 Å². The topological polar surface area (TPSA) is 80.2 Å². The number of benzene rings is 1. The second-order valence-corrected chi connectivity index (χ2v) is 9.44. The number of nitrogens with zero attached hydrogens (tertiary/aromatic N) is 3. The molecular weight excluding hydrogens is 501 g/mol. The van der Waals surface area contributed by atoms with E-state index in [0.717, 1.165) is 30.4 Å². The van der Waals surface area contributed by atoms with Gasteiger partial charge < -0.3 is 0 Å². The van der Waals surface area contributed by atoms with E-state index in [1.165, 1.54) is 17.0 Å². The number of ketones is 1. The van der Waals surface area contributed by atoms with Gasteiger partial charge in [0, 0.05) is 24.9 Å². The lowest BCUT2D eigenvalue weighted by atomic mass is 9.79. The van der Waals surface area contributed by atoms with E-state index in [2.05, 4.69) is 25.9 Å². The fourth-order valence-electron chi connectivity index (χ4n) is 5.04. The summed E-state index contributed by atoms with van der Waals surface area (Å²) in [6, 6.07) is 11.2. The van der Waals surface area contributed by atoms with Crippen LogP contribution in [0.15, 0.2) is 59.5 Å². The minimum Gasteiger partial charge on any atom is -0.292 e. The molecule has 1 aliphatic carbocycles. The van der Waals surface area contributed by atoms with Crippen LogP contribution in [0.25, 0.3) is 0 Å². The zero-order valence-corrected chi connectivity index (χ0v) is 19.8. The Hall–Kier alpha value is -3.26. The van der Waals surface area contributed by atoms with Crippen molar-refractivity contribution >= 4 is 33.5 Å². The first-order valence-corrected chi connectivity index (χ1v) is 12.0. The second-order valence-electron chi connectivity index (χ2n) is 8.69. The number of imide groups is 1. The number of rotatable bonds is 5. The molecule has 2 aliphatic rings. The normalized spacial score (nSPS) is 19.9. The second kappa shape index (κ2) is 9.18. The van der Waals surface area contributed by atoms with Gasteiger partial charge >= 0.3 is 0 Å². The van der Waals surface area contributed by atoms with Gasteiger partial charge in [-0.15, -0.1) is 0 Å². The summed E-state index contributed by atoms with van der Waals surface area (Å²) in [5.74, 6) is -1.14. The summed E-state index contributed by atoms with van der Waals surface area (Å²) >= 11 is 3.03. The smallest absolute Gasteiger partial charge is 0.261 e. The highest BCUT2D eigenvalue weighted by atomic mass is 79.9. The summed E-state index contributed by atoms with van der Waals surface area (Å²) in [6.07, 6.45) is 6.61. The molecule has 2 atom stereocenters. The predicted molar refractivity (Wildman–Crippen MR) is 126 cm³/mol. The molecule has 5 rings (SSSR count). The lowest BCUT2D eigenvalue weighted by Crippen LogP contribution is -2.42. The Morgan fingerprint density at radius 1 is 1.06 bits per heavy atom.